The average Bonchev–Trinajstić information content (AvgIpc) is 2.77. The largest absolute Gasteiger partial charge is 0.418 e. The summed E-state index contributed by atoms with van der Waals surface area (Å²) in [5, 5.41) is 1.37. The third-order valence-corrected chi connectivity index (χ3v) is 6.63. The van der Waals surface area contributed by atoms with Gasteiger partial charge in [0.2, 0.25) is 0 Å². The summed E-state index contributed by atoms with van der Waals surface area (Å²) in [5.41, 5.74) is -1.72. The normalized spacial score (nSPS) is 12.4. The highest BCUT2D eigenvalue weighted by atomic mass is 79.9. The first-order valence-electron chi connectivity index (χ1n) is 5.24. The summed E-state index contributed by atoms with van der Waals surface area (Å²) in [6, 6.07) is 4.32. The predicted octanol–water partition coefficient (Wildman–Crippen LogP) is 4.98. The second-order valence-corrected chi connectivity index (χ2v) is 7.93. The predicted molar refractivity (Wildman–Crippen MR) is 79.3 cm³/mol. The molecule has 0 unspecified atom stereocenters. The average molecular weight is 421 g/mol. The Morgan fingerprint density at radius 3 is 2.43 bits per heavy atom. The topological polar surface area (TPSA) is 46.2 Å². The Morgan fingerprint density at radius 1 is 1.24 bits per heavy atom. The molecule has 2 rings (SSSR count). The van der Waals surface area contributed by atoms with E-state index in [1.54, 1.807) is 0 Å². The Balaban J connectivity index is 2.48. The number of sulfonamides is 1. The lowest BCUT2D eigenvalue weighted by molar-refractivity contribution is -0.136. The third kappa shape index (κ3) is 3.71. The van der Waals surface area contributed by atoms with Crippen molar-refractivity contribution in [2.45, 2.75) is 10.4 Å². The summed E-state index contributed by atoms with van der Waals surface area (Å²) in [6.07, 6.45) is -4.73. The molecule has 1 aromatic carbocycles. The standard InChI is InChI=1S/C11H6BrClF3NO2S2/c12-8-3-4-20-10(8)21(18,19)17-9-2-1-6(13)5-7(9)11(14,15)16/h1-5,17H. The van der Waals surface area contributed by atoms with Gasteiger partial charge in [0.25, 0.3) is 10.0 Å². The summed E-state index contributed by atoms with van der Waals surface area (Å²) in [4.78, 5) is 0. The lowest BCUT2D eigenvalue weighted by atomic mass is 10.2. The quantitative estimate of drug-likeness (QED) is 0.761. The van der Waals surface area contributed by atoms with Crippen LogP contribution < -0.4 is 4.72 Å². The van der Waals surface area contributed by atoms with Crippen molar-refractivity contribution in [3.8, 4) is 0 Å². The fraction of sp³-hybridized carbons (Fsp3) is 0.0909. The number of anilines is 1. The van der Waals surface area contributed by atoms with E-state index < -0.39 is 27.5 Å². The zero-order valence-corrected chi connectivity index (χ0v) is 13.9. The van der Waals surface area contributed by atoms with Gasteiger partial charge in [-0.2, -0.15) is 13.2 Å². The molecule has 0 bridgehead atoms. The van der Waals surface area contributed by atoms with E-state index in [2.05, 4.69) is 15.9 Å². The highest BCUT2D eigenvalue weighted by Gasteiger charge is 2.35. The first-order valence-corrected chi connectivity index (χ1v) is 8.77. The molecule has 10 heteroatoms. The molecule has 2 aromatic rings. The Bertz CT molecular complexity index is 774. The van der Waals surface area contributed by atoms with Crippen LogP contribution in [0.1, 0.15) is 5.56 Å². The number of benzene rings is 1. The van der Waals surface area contributed by atoms with E-state index in [4.69, 9.17) is 11.6 Å². The molecule has 1 heterocycles. The molecule has 0 saturated carbocycles. The third-order valence-electron chi connectivity index (χ3n) is 2.36. The summed E-state index contributed by atoms with van der Waals surface area (Å²) >= 11 is 9.46. The first-order chi connectivity index (χ1) is 9.61. The molecule has 0 radical (unpaired) electrons. The molecule has 0 aliphatic rings. The Morgan fingerprint density at radius 2 is 1.90 bits per heavy atom. The summed E-state index contributed by atoms with van der Waals surface area (Å²) in [6.45, 7) is 0. The van der Waals surface area contributed by atoms with Crippen LogP contribution in [0.3, 0.4) is 0 Å². The molecule has 0 aliphatic heterocycles. The van der Waals surface area contributed by atoms with Crippen molar-refractivity contribution < 1.29 is 21.6 Å². The van der Waals surface area contributed by atoms with Crippen LogP contribution in [0.25, 0.3) is 0 Å². The van der Waals surface area contributed by atoms with E-state index >= 15 is 0 Å². The van der Waals surface area contributed by atoms with E-state index in [1.807, 2.05) is 4.72 Å². The van der Waals surface area contributed by atoms with E-state index in [0.29, 0.717) is 6.07 Å². The van der Waals surface area contributed by atoms with Crippen LogP contribution in [0.2, 0.25) is 5.02 Å². The van der Waals surface area contributed by atoms with Crippen LogP contribution in [0, 0.1) is 0 Å². The van der Waals surface area contributed by atoms with Gasteiger partial charge in [-0.3, -0.25) is 4.72 Å². The molecular weight excluding hydrogens is 415 g/mol. The highest BCUT2D eigenvalue weighted by molar-refractivity contribution is 9.10. The van der Waals surface area contributed by atoms with Crippen LogP contribution >= 0.6 is 38.9 Å². The van der Waals surface area contributed by atoms with Gasteiger partial charge in [0.15, 0.2) is 4.21 Å². The molecule has 0 fully saturated rings. The molecule has 1 N–H and O–H groups in total. The molecule has 114 valence electrons. The van der Waals surface area contributed by atoms with Gasteiger partial charge in [-0.1, -0.05) is 11.6 Å². The minimum absolute atomic E-state index is 0.106. The lowest BCUT2D eigenvalue weighted by Crippen LogP contribution is -2.16. The van der Waals surface area contributed by atoms with Crippen molar-refractivity contribution in [1.29, 1.82) is 0 Å². The number of hydrogen-bond donors (Lipinski definition) is 1. The van der Waals surface area contributed by atoms with Gasteiger partial charge < -0.3 is 0 Å². The van der Waals surface area contributed by atoms with Gasteiger partial charge in [0.05, 0.1) is 11.3 Å². The number of hydrogen-bond acceptors (Lipinski definition) is 3. The monoisotopic (exact) mass is 419 g/mol. The second kappa shape index (κ2) is 5.79. The van der Waals surface area contributed by atoms with E-state index in [0.717, 1.165) is 17.4 Å². The minimum atomic E-state index is -4.73. The maximum Gasteiger partial charge on any atom is 0.418 e. The molecule has 3 nitrogen and oxygen atoms in total. The van der Waals surface area contributed by atoms with Crippen molar-refractivity contribution in [3.05, 3.63) is 44.7 Å². The smallest absolute Gasteiger partial charge is 0.278 e. The molecule has 0 saturated heterocycles. The molecule has 1 aromatic heterocycles. The van der Waals surface area contributed by atoms with Gasteiger partial charge in [0.1, 0.15) is 0 Å². The Labute approximate surface area is 135 Å². The molecule has 21 heavy (non-hydrogen) atoms. The first kappa shape index (κ1) is 16.6. The van der Waals surface area contributed by atoms with Crippen molar-refractivity contribution in [2.24, 2.45) is 0 Å². The van der Waals surface area contributed by atoms with E-state index in [1.165, 1.54) is 17.5 Å². The van der Waals surface area contributed by atoms with Crippen LogP contribution in [-0.4, -0.2) is 8.42 Å². The summed E-state index contributed by atoms with van der Waals surface area (Å²) in [7, 11) is -4.12. The molecule has 0 spiro atoms. The second-order valence-electron chi connectivity index (χ2n) is 3.85. The van der Waals surface area contributed by atoms with Crippen molar-refractivity contribution in [3.63, 3.8) is 0 Å². The lowest BCUT2D eigenvalue weighted by Gasteiger charge is -2.14. The van der Waals surface area contributed by atoms with Gasteiger partial charge in [-0.25, -0.2) is 8.42 Å². The SMILES string of the molecule is O=S(=O)(Nc1ccc(Cl)cc1C(F)(F)F)c1sccc1Br. The number of nitrogens with one attached hydrogen (secondary N) is 1. The van der Waals surface area contributed by atoms with Gasteiger partial charge >= 0.3 is 6.18 Å². The maximum atomic E-state index is 12.9. The summed E-state index contributed by atoms with van der Waals surface area (Å²) < 4.78 is 65.1. The fourth-order valence-corrected chi connectivity index (χ4v) is 5.09. The zero-order chi connectivity index (χ0) is 15.8. The zero-order valence-electron chi connectivity index (χ0n) is 9.91. The molecular formula is C11H6BrClF3NO2S2. The molecule has 0 aliphatic carbocycles. The van der Waals surface area contributed by atoms with Crippen molar-refractivity contribution in [1.82, 2.24) is 0 Å². The van der Waals surface area contributed by atoms with Crippen LogP contribution in [0.5, 0.6) is 0 Å². The number of halogens is 5. The van der Waals surface area contributed by atoms with Crippen LogP contribution in [-0.2, 0) is 16.2 Å². The summed E-state index contributed by atoms with van der Waals surface area (Å²) in [5.74, 6) is 0. The number of rotatable bonds is 3. The minimum Gasteiger partial charge on any atom is -0.278 e. The van der Waals surface area contributed by atoms with Gasteiger partial charge in [0, 0.05) is 9.50 Å². The Kier molecular flexibility index (Phi) is 4.57. The number of alkyl halides is 3. The van der Waals surface area contributed by atoms with Gasteiger partial charge in [-0.15, -0.1) is 11.3 Å². The van der Waals surface area contributed by atoms with E-state index in [9.17, 15) is 21.6 Å². The highest BCUT2D eigenvalue weighted by Crippen LogP contribution is 2.38. The van der Waals surface area contributed by atoms with Crippen LogP contribution in [0.4, 0.5) is 18.9 Å². The molecule has 0 amide bonds. The van der Waals surface area contributed by atoms with Crippen LogP contribution in [0.15, 0.2) is 38.3 Å². The van der Waals surface area contributed by atoms with Gasteiger partial charge in [-0.05, 0) is 45.6 Å². The van der Waals surface area contributed by atoms with Crippen molar-refractivity contribution in [2.75, 3.05) is 4.72 Å². The number of thiophene rings is 1. The fourth-order valence-electron chi connectivity index (χ4n) is 1.50. The molecule has 0 atom stereocenters. The Hall–Kier alpha value is -0.770. The maximum absolute atomic E-state index is 12.9. The van der Waals surface area contributed by atoms with Crippen molar-refractivity contribution >= 4 is 54.6 Å². The van der Waals surface area contributed by atoms with E-state index in [-0.39, 0.29) is 13.7 Å².